The van der Waals surface area contributed by atoms with E-state index in [9.17, 15) is 19.8 Å². The first-order valence-electron chi connectivity index (χ1n) is 10.5. The van der Waals surface area contributed by atoms with Crippen LogP contribution in [0.1, 0.15) is 54.9 Å². The summed E-state index contributed by atoms with van der Waals surface area (Å²) < 4.78 is 1.76. The molecule has 4 rings (SSSR count). The molecule has 8 heteroatoms. The zero-order valence-corrected chi connectivity index (χ0v) is 16.5. The summed E-state index contributed by atoms with van der Waals surface area (Å²) >= 11 is 0. The van der Waals surface area contributed by atoms with Gasteiger partial charge in [0.25, 0.3) is 5.91 Å². The third-order valence-corrected chi connectivity index (χ3v) is 6.55. The number of aromatic nitrogens is 2. The number of H-pyrrole nitrogens is 1. The summed E-state index contributed by atoms with van der Waals surface area (Å²) in [6.07, 6.45) is 3.25. The first-order valence-corrected chi connectivity index (χ1v) is 10.5. The van der Waals surface area contributed by atoms with Crippen LogP contribution < -0.4 is 5.69 Å². The third-order valence-electron chi connectivity index (χ3n) is 6.55. The summed E-state index contributed by atoms with van der Waals surface area (Å²) in [5, 5.41) is 28.6. The summed E-state index contributed by atoms with van der Waals surface area (Å²) in [5.41, 5.74) is 1.80. The number of rotatable bonds is 4. The van der Waals surface area contributed by atoms with Crippen LogP contribution in [-0.4, -0.2) is 67.6 Å². The number of carbonyl (C=O) groups is 1. The van der Waals surface area contributed by atoms with E-state index in [4.69, 9.17) is 5.11 Å². The van der Waals surface area contributed by atoms with Crippen molar-refractivity contribution in [1.82, 2.24) is 14.5 Å². The molecule has 2 fully saturated rings. The van der Waals surface area contributed by atoms with E-state index < -0.39 is 6.10 Å². The number of piperidine rings is 1. The molecule has 2 aromatic rings. The van der Waals surface area contributed by atoms with E-state index in [1.165, 1.54) is 0 Å². The van der Waals surface area contributed by atoms with E-state index in [0.717, 1.165) is 18.4 Å². The maximum absolute atomic E-state index is 12.9. The number of likely N-dealkylation sites (tertiary alicyclic amines) is 1. The van der Waals surface area contributed by atoms with Crippen LogP contribution in [0, 0.1) is 5.92 Å². The first-order chi connectivity index (χ1) is 14.0. The van der Waals surface area contributed by atoms with Gasteiger partial charge < -0.3 is 25.2 Å². The SMILES string of the molecule is O=C(c1ccc2c(c1)[nH]c(=O)n2C1CCC(O)CC1)N1CCC(C(O)CO)CC1. The molecule has 1 atom stereocenters. The number of aromatic amines is 1. The third kappa shape index (κ3) is 3.97. The number of fused-ring (bicyclic) bond motifs is 1. The predicted octanol–water partition coefficient (Wildman–Crippen LogP) is 1.01. The number of aliphatic hydroxyl groups is 3. The number of amides is 1. The monoisotopic (exact) mass is 403 g/mol. The summed E-state index contributed by atoms with van der Waals surface area (Å²) in [7, 11) is 0. The fourth-order valence-electron chi connectivity index (χ4n) is 4.76. The lowest BCUT2D eigenvalue weighted by Crippen LogP contribution is -2.42. The predicted molar refractivity (Wildman–Crippen MR) is 108 cm³/mol. The van der Waals surface area contributed by atoms with E-state index in [1.807, 2.05) is 6.07 Å². The molecule has 8 nitrogen and oxygen atoms in total. The molecule has 158 valence electrons. The van der Waals surface area contributed by atoms with Crippen LogP contribution >= 0.6 is 0 Å². The lowest BCUT2D eigenvalue weighted by Gasteiger charge is -2.33. The number of nitrogens with zero attached hydrogens (tertiary/aromatic N) is 2. The van der Waals surface area contributed by atoms with Gasteiger partial charge in [-0.15, -0.1) is 0 Å². The second kappa shape index (κ2) is 8.30. The Kier molecular flexibility index (Phi) is 5.76. The van der Waals surface area contributed by atoms with E-state index in [2.05, 4.69) is 4.98 Å². The van der Waals surface area contributed by atoms with Crippen molar-refractivity contribution in [1.29, 1.82) is 0 Å². The highest BCUT2D eigenvalue weighted by Crippen LogP contribution is 2.30. The quantitative estimate of drug-likeness (QED) is 0.608. The lowest BCUT2D eigenvalue weighted by molar-refractivity contribution is 0.0179. The normalized spacial score (nSPS) is 24.7. The highest BCUT2D eigenvalue weighted by molar-refractivity contribution is 5.97. The van der Waals surface area contributed by atoms with Gasteiger partial charge in [0.15, 0.2) is 0 Å². The molecule has 0 spiro atoms. The van der Waals surface area contributed by atoms with Crippen molar-refractivity contribution in [3.63, 3.8) is 0 Å². The van der Waals surface area contributed by atoms with Gasteiger partial charge in [-0.25, -0.2) is 4.79 Å². The topological polar surface area (TPSA) is 119 Å². The molecule has 4 N–H and O–H groups in total. The van der Waals surface area contributed by atoms with Crippen LogP contribution in [0.5, 0.6) is 0 Å². The van der Waals surface area contributed by atoms with Crippen LogP contribution in [0.25, 0.3) is 11.0 Å². The highest BCUT2D eigenvalue weighted by Gasteiger charge is 2.28. The Morgan fingerprint density at radius 3 is 2.48 bits per heavy atom. The standard InChI is InChI=1S/C21H29N3O5/c25-12-19(27)13-7-9-23(10-8-13)20(28)14-1-6-18-17(11-14)22-21(29)24(18)15-2-4-16(26)5-3-15/h1,6,11,13,15-16,19,25-27H,2-5,7-10,12H2,(H,22,29). The van der Waals surface area contributed by atoms with Crippen molar-refractivity contribution < 1.29 is 20.1 Å². The molecule has 2 aliphatic rings. The van der Waals surface area contributed by atoms with E-state index >= 15 is 0 Å². The first kappa shape index (κ1) is 20.1. The molecule has 1 saturated carbocycles. The van der Waals surface area contributed by atoms with Gasteiger partial charge >= 0.3 is 5.69 Å². The van der Waals surface area contributed by atoms with Gasteiger partial charge in [-0.1, -0.05) is 0 Å². The van der Waals surface area contributed by atoms with Crippen molar-refractivity contribution in [3.8, 4) is 0 Å². The number of aliphatic hydroxyl groups excluding tert-OH is 3. The molecular formula is C21H29N3O5. The fraction of sp³-hybridized carbons (Fsp3) is 0.619. The van der Waals surface area contributed by atoms with Crippen molar-refractivity contribution in [2.24, 2.45) is 5.92 Å². The van der Waals surface area contributed by atoms with Crippen molar-refractivity contribution >= 4 is 16.9 Å². The zero-order valence-electron chi connectivity index (χ0n) is 16.5. The van der Waals surface area contributed by atoms with Gasteiger partial charge in [-0.2, -0.15) is 0 Å². The average Bonchev–Trinajstić information content (AvgIpc) is 3.08. The summed E-state index contributed by atoms with van der Waals surface area (Å²) in [5.74, 6) is -0.0656. The van der Waals surface area contributed by atoms with Gasteiger partial charge in [-0.3, -0.25) is 9.36 Å². The molecule has 1 aromatic heterocycles. The van der Waals surface area contributed by atoms with Gasteiger partial charge in [0.2, 0.25) is 0 Å². The molecule has 1 saturated heterocycles. The van der Waals surface area contributed by atoms with E-state index in [1.54, 1.807) is 21.6 Å². The van der Waals surface area contributed by atoms with Crippen molar-refractivity contribution in [3.05, 3.63) is 34.2 Å². The Labute approximate surface area is 168 Å². The van der Waals surface area contributed by atoms with Crippen LogP contribution in [0.3, 0.4) is 0 Å². The zero-order chi connectivity index (χ0) is 20.5. The molecule has 1 aliphatic carbocycles. The van der Waals surface area contributed by atoms with E-state index in [0.29, 0.717) is 49.9 Å². The molecule has 2 heterocycles. The van der Waals surface area contributed by atoms with Gasteiger partial charge in [0.1, 0.15) is 0 Å². The van der Waals surface area contributed by atoms with Crippen LogP contribution in [0.15, 0.2) is 23.0 Å². The van der Waals surface area contributed by atoms with E-state index in [-0.39, 0.29) is 36.3 Å². The smallest absolute Gasteiger partial charge is 0.326 e. The molecule has 1 unspecified atom stereocenters. The van der Waals surface area contributed by atoms with Crippen molar-refractivity contribution in [2.45, 2.75) is 56.8 Å². The minimum atomic E-state index is -0.727. The number of benzene rings is 1. The molecule has 29 heavy (non-hydrogen) atoms. The molecule has 0 bridgehead atoms. The molecule has 1 aliphatic heterocycles. The van der Waals surface area contributed by atoms with Crippen LogP contribution in [0.2, 0.25) is 0 Å². The minimum Gasteiger partial charge on any atom is -0.394 e. The highest BCUT2D eigenvalue weighted by atomic mass is 16.3. The van der Waals surface area contributed by atoms with Gasteiger partial charge in [-0.05, 0) is 62.6 Å². The second-order valence-corrected chi connectivity index (χ2v) is 8.37. The number of carbonyl (C=O) groups excluding carboxylic acids is 1. The van der Waals surface area contributed by atoms with Gasteiger partial charge in [0, 0.05) is 24.7 Å². The summed E-state index contributed by atoms with van der Waals surface area (Å²) in [6.45, 7) is 0.834. The maximum Gasteiger partial charge on any atom is 0.326 e. The largest absolute Gasteiger partial charge is 0.394 e. The Morgan fingerprint density at radius 1 is 1.14 bits per heavy atom. The maximum atomic E-state index is 12.9. The average molecular weight is 403 g/mol. The number of hydrogen-bond acceptors (Lipinski definition) is 5. The summed E-state index contributed by atoms with van der Waals surface area (Å²) in [6, 6.07) is 5.40. The lowest BCUT2D eigenvalue weighted by atomic mass is 9.91. The van der Waals surface area contributed by atoms with Crippen LogP contribution in [0.4, 0.5) is 0 Å². The van der Waals surface area contributed by atoms with Gasteiger partial charge in [0.05, 0.1) is 29.8 Å². The molecule has 1 amide bonds. The Morgan fingerprint density at radius 2 is 1.83 bits per heavy atom. The second-order valence-electron chi connectivity index (χ2n) is 8.37. The Hall–Kier alpha value is -2.16. The molecule has 1 aromatic carbocycles. The minimum absolute atomic E-state index is 0.0194. The number of nitrogens with one attached hydrogen (secondary N) is 1. The molecular weight excluding hydrogens is 374 g/mol. The Bertz CT molecular complexity index is 920. The van der Waals surface area contributed by atoms with Crippen molar-refractivity contribution in [2.75, 3.05) is 19.7 Å². The summed E-state index contributed by atoms with van der Waals surface area (Å²) in [4.78, 5) is 30.1. The fourth-order valence-corrected chi connectivity index (χ4v) is 4.76. The Balaban J connectivity index is 1.51. The molecule has 0 radical (unpaired) electrons. The van der Waals surface area contributed by atoms with Crippen LogP contribution in [-0.2, 0) is 0 Å². The number of hydrogen-bond donors (Lipinski definition) is 4. The number of imidazole rings is 1.